The SMILES string of the molecule is CCC(OC(=O)c1ccc2ncoc2c1)C(=O)Nc1ccc(Br)cc1F. The molecule has 1 amide bonds. The lowest BCUT2D eigenvalue weighted by Crippen LogP contribution is -2.32. The van der Waals surface area contributed by atoms with Crippen LogP contribution in [0.2, 0.25) is 0 Å². The Morgan fingerprint density at radius 2 is 2.12 bits per heavy atom. The summed E-state index contributed by atoms with van der Waals surface area (Å²) in [6.45, 7) is 1.69. The van der Waals surface area contributed by atoms with E-state index in [1.165, 1.54) is 30.7 Å². The highest BCUT2D eigenvalue weighted by atomic mass is 79.9. The Balaban J connectivity index is 1.71. The van der Waals surface area contributed by atoms with Crippen molar-refractivity contribution in [2.24, 2.45) is 0 Å². The van der Waals surface area contributed by atoms with Gasteiger partial charge in [0.15, 0.2) is 18.1 Å². The number of aromatic nitrogens is 1. The topological polar surface area (TPSA) is 81.4 Å². The first-order valence-electron chi connectivity index (χ1n) is 7.78. The smallest absolute Gasteiger partial charge is 0.339 e. The van der Waals surface area contributed by atoms with E-state index in [-0.39, 0.29) is 17.7 Å². The van der Waals surface area contributed by atoms with Crippen LogP contribution in [0.25, 0.3) is 11.1 Å². The molecule has 6 nitrogen and oxygen atoms in total. The maximum absolute atomic E-state index is 13.9. The van der Waals surface area contributed by atoms with E-state index in [1.807, 2.05) is 0 Å². The van der Waals surface area contributed by atoms with Gasteiger partial charge in [-0.25, -0.2) is 14.2 Å². The van der Waals surface area contributed by atoms with E-state index < -0.39 is 23.8 Å². The summed E-state index contributed by atoms with van der Waals surface area (Å²) in [7, 11) is 0. The molecule has 0 radical (unpaired) electrons. The third kappa shape index (κ3) is 3.91. The molecular weight excluding hydrogens is 407 g/mol. The molecule has 0 aliphatic heterocycles. The highest BCUT2D eigenvalue weighted by Gasteiger charge is 2.23. The number of benzene rings is 2. The lowest BCUT2D eigenvalue weighted by molar-refractivity contribution is -0.124. The summed E-state index contributed by atoms with van der Waals surface area (Å²) in [5.41, 5.74) is 1.29. The molecule has 1 N–H and O–H groups in total. The van der Waals surface area contributed by atoms with Crippen molar-refractivity contribution in [2.75, 3.05) is 5.32 Å². The van der Waals surface area contributed by atoms with E-state index in [1.54, 1.807) is 19.1 Å². The molecule has 0 saturated heterocycles. The molecule has 0 saturated carbocycles. The van der Waals surface area contributed by atoms with E-state index in [0.717, 1.165) is 0 Å². The lowest BCUT2D eigenvalue weighted by atomic mass is 10.2. The van der Waals surface area contributed by atoms with Crippen molar-refractivity contribution in [3.8, 4) is 0 Å². The Bertz CT molecular complexity index is 973. The number of halogens is 2. The minimum Gasteiger partial charge on any atom is -0.449 e. The highest BCUT2D eigenvalue weighted by molar-refractivity contribution is 9.10. The molecule has 2 aromatic carbocycles. The fourth-order valence-electron chi connectivity index (χ4n) is 2.31. The minimum atomic E-state index is -1.06. The molecule has 1 atom stereocenters. The number of nitrogens with one attached hydrogen (secondary N) is 1. The molecule has 0 fully saturated rings. The van der Waals surface area contributed by atoms with Gasteiger partial charge in [0.05, 0.1) is 11.3 Å². The molecule has 3 rings (SSSR count). The van der Waals surface area contributed by atoms with Gasteiger partial charge in [0.2, 0.25) is 0 Å². The van der Waals surface area contributed by atoms with Gasteiger partial charge in [-0.15, -0.1) is 0 Å². The first-order chi connectivity index (χ1) is 12.5. The van der Waals surface area contributed by atoms with Gasteiger partial charge >= 0.3 is 5.97 Å². The van der Waals surface area contributed by atoms with Crippen molar-refractivity contribution in [2.45, 2.75) is 19.4 Å². The molecule has 0 aliphatic carbocycles. The van der Waals surface area contributed by atoms with Gasteiger partial charge in [-0.3, -0.25) is 4.79 Å². The van der Waals surface area contributed by atoms with Gasteiger partial charge in [-0.2, -0.15) is 0 Å². The number of ether oxygens (including phenoxy) is 1. The van der Waals surface area contributed by atoms with Crippen molar-refractivity contribution in [1.29, 1.82) is 0 Å². The average Bonchev–Trinajstić information content (AvgIpc) is 3.09. The normalized spacial score (nSPS) is 12.0. The molecule has 1 aromatic heterocycles. The molecular formula is C18H14BrFN2O4. The molecule has 3 aromatic rings. The second-order valence-corrected chi connectivity index (χ2v) is 6.37. The van der Waals surface area contributed by atoms with Crippen LogP contribution in [-0.4, -0.2) is 23.0 Å². The number of anilines is 1. The second-order valence-electron chi connectivity index (χ2n) is 5.45. The van der Waals surface area contributed by atoms with Crippen molar-refractivity contribution >= 4 is 44.6 Å². The zero-order chi connectivity index (χ0) is 18.7. The van der Waals surface area contributed by atoms with Crippen LogP contribution in [0.3, 0.4) is 0 Å². The zero-order valence-corrected chi connectivity index (χ0v) is 15.2. The number of carbonyl (C=O) groups is 2. The molecule has 26 heavy (non-hydrogen) atoms. The number of oxazole rings is 1. The van der Waals surface area contributed by atoms with E-state index in [2.05, 4.69) is 26.2 Å². The van der Waals surface area contributed by atoms with Crippen LogP contribution in [-0.2, 0) is 9.53 Å². The van der Waals surface area contributed by atoms with Crippen molar-refractivity contribution in [3.05, 3.63) is 58.6 Å². The Hall–Kier alpha value is -2.74. The van der Waals surface area contributed by atoms with Gasteiger partial charge < -0.3 is 14.5 Å². The Morgan fingerprint density at radius 1 is 1.31 bits per heavy atom. The van der Waals surface area contributed by atoms with Gasteiger partial charge in [0.25, 0.3) is 5.91 Å². The van der Waals surface area contributed by atoms with E-state index in [0.29, 0.717) is 15.6 Å². The van der Waals surface area contributed by atoms with Crippen LogP contribution >= 0.6 is 15.9 Å². The van der Waals surface area contributed by atoms with Gasteiger partial charge in [-0.05, 0) is 42.8 Å². The number of amides is 1. The lowest BCUT2D eigenvalue weighted by Gasteiger charge is -2.16. The second kappa shape index (κ2) is 7.65. The van der Waals surface area contributed by atoms with Gasteiger partial charge in [-0.1, -0.05) is 22.9 Å². The van der Waals surface area contributed by atoms with Crippen LogP contribution in [0.1, 0.15) is 23.7 Å². The fraction of sp³-hybridized carbons (Fsp3) is 0.167. The number of fused-ring (bicyclic) bond motifs is 1. The number of hydrogen-bond donors (Lipinski definition) is 1. The maximum atomic E-state index is 13.9. The standard InChI is InChI=1S/C18H14BrFN2O4/c1-2-15(17(23)22-13-6-4-11(19)8-12(13)20)26-18(24)10-3-5-14-16(7-10)25-9-21-14/h3-9,15H,2H2,1H3,(H,22,23). The molecule has 0 aliphatic rings. The molecule has 134 valence electrons. The van der Waals surface area contributed by atoms with Crippen LogP contribution < -0.4 is 5.32 Å². The summed E-state index contributed by atoms with van der Waals surface area (Å²) >= 11 is 3.14. The third-order valence-corrected chi connectivity index (χ3v) is 4.16. The number of esters is 1. The summed E-state index contributed by atoms with van der Waals surface area (Å²) < 4.78 is 24.8. The molecule has 0 spiro atoms. The summed E-state index contributed by atoms with van der Waals surface area (Å²) in [6.07, 6.45) is 0.450. The van der Waals surface area contributed by atoms with Crippen LogP contribution in [0.15, 0.2) is 51.7 Å². The average molecular weight is 421 g/mol. The molecule has 1 unspecified atom stereocenters. The first kappa shape index (κ1) is 18.1. The van der Waals surface area contributed by atoms with Gasteiger partial charge in [0, 0.05) is 4.47 Å². The number of rotatable bonds is 5. The quantitative estimate of drug-likeness (QED) is 0.622. The van der Waals surface area contributed by atoms with Crippen molar-refractivity contribution in [1.82, 2.24) is 4.98 Å². The summed E-state index contributed by atoms with van der Waals surface area (Å²) in [5, 5.41) is 2.43. The predicted molar refractivity (Wildman–Crippen MR) is 96.2 cm³/mol. The highest BCUT2D eigenvalue weighted by Crippen LogP contribution is 2.20. The van der Waals surface area contributed by atoms with E-state index >= 15 is 0 Å². The summed E-state index contributed by atoms with van der Waals surface area (Å²) in [5.74, 6) is -1.88. The molecule has 1 heterocycles. The van der Waals surface area contributed by atoms with E-state index in [9.17, 15) is 14.0 Å². The van der Waals surface area contributed by atoms with Gasteiger partial charge in [0.1, 0.15) is 11.3 Å². The molecule has 8 heteroatoms. The monoisotopic (exact) mass is 420 g/mol. The third-order valence-electron chi connectivity index (χ3n) is 3.67. The summed E-state index contributed by atoms with van der Waals surface area (Å²) in [6, 6.07) is 8.89. The van der Waals surface area contributed by atoms with E-state index in [4.69, 9.17) is 9.15 Å². The Morgan fingerprint density at radius 3 is 2.85 bits per heavy atom. The zero-order valence-electron chi connectivity index (χ0n) is 13.7. The number of hydrogen-bond acceptors (Lipinski definition) is 5. The molecule has 0 bridgehead atoms. The summed E-state index contributed by atoms with van der Waals surface area (Å²) in [4.78, 5) is 28.6. The van der Waals surface area contributed by atoms with Crippen LogP contribution in [0, 0.1) is 5.82 Å². The maximum Gasteiger partial charge on any atom is 0.339 e. The Kier molecular flexibility index (Phi) is 5.32. The number of carbonyl (C=O) groups excluding carboxylic acids is 2. The van der Waals surface area contributed by atoms with Crippen LogP contribution in [0.4, 0.5) is 10.1 Å². The van der Waals surface area contributed by atoms with Crippen molar-refractivity contribution in [3.63, 3.8) is 0 Å². The fourth-order valence-corrected chi connectivity index (χ4v) is 2.64. The predicted octanol–water partition coefficient (Wildman–Crippen LogP) is 4.30. The number of nitrogens with zero attached hydrogens (tertiary/aromatic N) is 1. The largest absolute Gasteiger partial charge is 0.449 e. The van der Waals surface area contributed by atoms with Crippen molar-refractivity contribution < 1.29 is 23.1 Å². The first-order valence-corrected chi connectivity index (χ1v) is 8.57. The Labute approximate surface area is 156 Å². The van der Waals surface area contributed by atoms with Crippen LogP contribution in [0.5, 0.6) is 0 Å². The minimum absolute atomic E-state index is 0.00998.